The summed E-state index contributed by atoms with van der Waals surface area (Å²) in [6.07, 6.45) is 3.04. The first-order valence-corrected chi connectivity index (χ1v) is 6.14. The molecule has 80 valence electrons. The molecule has 1 rings (SSSR count). The molecule has 3 heteroatoms. The number of thiazole rings is 1. The highest BCUT2D eigenvalue weighted by Crippen LogP contribution is 2.30. The molecule has 0 saturated heterocycles. The predicted octanol–water partition coefficient (Wildman–Crippen LogP) is 3.01. The molecule has 0 aliphatic heterocycles. The van der Waals surface area contributed by atoms with Crippen molar-refractivity contribution in [2.45, 2.75) is 39.7 Å². The first-order valence-electron chi connectivity index (χ1n) is 5.26. The zero-order valence-electron chi connectivity index (χ0n) is 9.50. The van der Waals surface area contributed by atoms with E-state index in [9.17, 15) is 0 Å². The topological polar surface area (TPSA) is 24.9 Å². The minimum atomic E-state index is 0.0319. The summed E-state index contributed by atoms with van der Waals surface area (Å²) in [6, 6.07) is 0. The summed E-state index contributed by atoms with van der Waals surface area (Å²) in [4.78, 5) is 4.42. The van der Waals surface area contributed by atoms with Crippen molar-refractivity contribution >= 4 is 11.3 Å². The summed E-state index contributed by atoms with van der Waals surface area (Å²) in [5, 5.41) is 6.84. The summed E-state index contributed by atoms with van der Waals surface area (Å²) in [6.45, 7) is 9.96. The van der Waals surface area contributed by atoms with Crippen molar-refractivity contribution in [1.29, 1.82) is 0 Å². The third-order valence-electron chi connectivity index (χ3n) is 2.77. The molecule has 1 heterocycles. The summed E-state index contributed by atoms with van der Waals surface area (Å²) >= 11 is 1.74. The van der Waals surface area contributed by atoms with Crippen LogP contribution in [0, 0.1) is 5.92 Å². The fourth-order valence-electron chi connectivity index (χ4n) is 1.39. The van der Waals surface area contributed by atoms with Crippen LogP contribution in [0.5, 0.6) is 0 Å². The smallest absolute Gasteiger partial charge is 0.113 e. The van der Waals surface area contributed by atoms with Gasteiger partial charge < -0.3 is 5.32 Å². The molecular weight excluding hydrogens is 192 g/mol. The van der Waals surface area contributed by atoms with E-state index in [-0.39, 0.29) is 5.54 Å². The SMILES string of the molecule is CCCNC(C)(c1nccs1)C(C)C. The Labute approximate surface area is 90.8 Å². The van der Waals surface area contributed by atoms with E-state index in [4.69, 9.17) is 0 Å². The van der Waals surface area contributed by atoms with Crippen molar-refractivity contribution in [2.24, 2.45) is 5.92 Å². The number of nitrogens with zero attached hydrogens (tertiary/aromatic N) is 1. The molecule has 1 aromatic rings. The lowest BCUT2D eigenvalue weighted by Gasteiger charge is -2.33. The summed E-state index contributed by atoms with van der Waals surface area (Å²) in [5.74, 6) is 0.556. The molecule has 1 atom stereocenters. The third-order valence-corrected chi connectivity index (χ3v) is 3.78. The highest BCUT2D eigenvalue weighted by Gasteiger charge is 2.31. The second kappa shape index (κ2) is 4.89. The van der Waals surface area contributed by atoms with Gasteiger partial charge in [0.25, 0.3) is 0 Å². The largest absolute Gasteiger partial charge is 0.305 e. The minimum absolute atomic E-state index is 0.0319. The molecule has 0 spiro atoms. The fraction of sp³-hybridized carbons (Fsp3) is 0.727. The Kier molecular flexibility index (Phi) is 4.08. The van der Waals surface area contributed by atoms with Crippen molar-refractivity contribution in [2.75, 3.05) is 6.54 Å². The van der Waals surface area contributed by atoms with Gasteiger partial charge in [-0.3, -0.25) is 0 Å². The van der Waals surface area contributed by atoms with E-state index >= 15 is 0 Å². The lowest BCUT2D eigenvalue weighted by atomic mass is 9.89. The molecule has 0 aliphatic rings. The molecule has 0 amide bonds. The lowest BCUT2D eigenvalue weighted by Crippen LogP contribution is -2.44. The van der Waals surface area contributed by atoms with Crippen molar-refractivity contribution < 1.29 is 0 Å². The maximum absolute atomic E-state index is 4.42. The monoisotopic (exact) mass is 212 g/mol. The first kappa shape index (κ1) is 11.7. The Bertz CT molecular complexity index is 256. The Balaban J connectivity index is 2.82. The van der Waals surface area contributed by atoms with Crippen LogP contribution in [-0.4, -0.2) is 11.5 Å². The van der Waals surface area contributed by atoms with E-state index in [1.165, 1.54) is 5.01 Å². The van der Waals surface area contributed by atoms with Gasteiger partial charge in [-0.15, -0.1) is 11.3 Å². The van der Waals surface area contributed by atoms with E-state index in [1.807, 2.05) is 11.6 Å². The average Bonchev–Trinajstić information content (AvgIpc) is 2.66. The summed E-state index contributed by atoms with van der Waals surface area (Å²) in [5.41, 5.74) is 0.0319. The van der Waals surface area contributed by atoms with Crippen LogP contribution in [0.3, 0.4) is 0 Å². The second-order valence-electron chi connectivity index (χ2n) is 4.12. The van der Waals surface area contributed by atoms with Gasteiger partial charge in [0, 0.05) is 11.6 Å². The van der Waals surface area contributed by atoms with Crippen LogP contribution in [0.15, 0.2) is 11.6 Å². The molecule has 1 unspecified atom stereocenters. The quantitative estimate of drug-likeness (QED) is 0.811. The molecule has 0 radical (unpaired) electrons. The summed E-state index contributed by atoms with van der Waals surface area (Å²) in [7, 11) is 0. The molecular formula is C11H20N2S. The number of nitrogens with one attached hydrogen (secondary N) is 1. The second-order valence-corrected chi connectivity index (χ2v) is 5.02. The highest BCUT2D eigenvalue weighted by molar-refractivity contribution is 7.09. The number of aromatic nitrogens is 1. The van der Waals surface area contributed by atoms with Crippen LogP contribution in [0.25, 0.3) is 0 Å². The summed E-state index contributed by atoms with van der Waals surface area (Å²) < 4.78 is 0. The molecule has 14 heavy (non-hydrogen) atoms. The van der Waals surface area contributed by atoms with Gasteiger partial charge in [-0.25, -0.2) is 4.98 Å². The maximum atomic E-state index is 4.42. The van der Waals surface area contributed by atoms with Crippen LogP contribution >= 0.6 is 11.3 Å². The van der Waals surface area contributed by atoms with Crippen molar-refractivity contribution in [1.82, 2.24) is 10.3 Å². The van der Waals surface area contributed by atoms with Gasteiger partial charge in [0.2, 0.25) is 0 Å². The molecule has 0 aliphatic carbocycles. The lowest BCUT2D eigenvalue weighted by molar-refractivity contribution is 0.265. The predicted molar refractivity (Wildman–Crippen MR) is 62.6 cm³/mol. The van der Waals surface area contributed by atoms with Gasteiger partial charge in [0.05, 0.1) is 5.54 Å². The van der Waals surface area contributed by atoms with Crippen LogP contribution in [-0.2, 0) is 5.54 Å². The van der Waals surface area contributed by atoms with Crippen LogP contribution in [0.1, 0.15) is 39.1 Å². The molecule has 0 aromatic carbocycles. The molecule has 0 bridgehead atoms. The van der Waals surface area contributed by atoms with E-state index in [0.717, 1.165) is 13.0 Å². The van der Waals surface area contributed by atoms with E-state index in [1.54, 1.807) is 11.3 Å². The van der Waals surface area contributed by atoms with Crippen molar-refractivity contribution in [3.63, 3.8) is 0 Å². The zero-order valence-corrected chi connectivity index (χ0v) is 10.3. The van der Waals surface area contributed by atoms with Gasteiger partial charge in [0.1, 0.15) is 5.01 Å². The van der Waals surface area contributed by atoms with Crippen LogP contribution in [0.2, 0.25) is 0 Å². The van der Waals surface area contributed by atoms with Gasteiger partial charge in [-0.05, 0) is 25.8 Å². The van der Waals surface area contributed by atoms with Crippen molar-refractivity contribution in [3.8, 4) is 0 Å². The van der Waals surface area contributed by atoms with E-state index < -0.39 is 0 Å². The Morgan fingerprint density at radius 2 is 2.29 bits per heavy atom. The molecule has 1 N–H and O–H groups in total. The molecule has 0 saturated carbocycles. The Morgan fingerprint density at radius 3 is 2.71 bits per heavy atom. The molecule has 1 aromatic heterocycles. The fourth-order valence-corrected chi connectivity index (χ4v) is 2.32. The number of hydrogen-bond acceptors (Lipinski definition) is 3. The van der Waals surface area contributed by atoms with Gasteiger partial charge >= 0.3 is 0 Å². The van der Waals surface area contributed by atoms with E-state index in [2.05, 4.69) is 38.0 Å². The molecule has 0 fully saturated rings. The van der Waals surface area contributed by atoms with Crippen LogP contribution < -0.4 is 5.32 Å². The van der Waals surface area contributed by atoms with Crippen LogP contribution in [0.4, 0.5) is 0 Å². The highest BCUT2D eigenvalue weighted by atomic mass is 32.1. The Morgan fingerprint density at radius 1 is 1.57 bits per heavy atom. The average molecular weight is 212 g/mol. The number of rotatable bonds is 5. The van der Waals surface area contributed by atoms with E-state index in [0.29, 0.717) is 5.92 Å². The van der Waals surface area contributed by atoms with Crippen molar-refractivity contribution in [3.05, 3.63) is 16.6 Å². The molecule has 2 nitrogen and oxygen atoms in total. The van der Waals surface area contributed by atoms with Gasteiger partial charge in [-0.2, -0.15) is 0 Å². The normalized spacial score (nSPS) is 15.8. The van der Waals surface area contributed by atoms with Gasteiger partial charge in [0.15, 0.2) is 0 Å². The van der Waals surface area contributed by atoms with Gasteiger partial charge in [-0.1, -0.05) is 20.8 Å². The maximum Gasteiger partial charge on any atom is 0.113 e. The minimum Gasteiger partial charge on any atom is -0.305 e. The standard InChI is InChI=1S/C11H20N2S/c1-5-6-13-11(4,9(2)3)10-12-7-8-14-10/h7-9,13H,5-6H2,1-4H3. The zero-order chi connectivity index (χ0) is 10.6. The first-order chi connectivity index (χ1) is 6.61. The number of hydrogen-bond donors (Lipinski definition) is 1. The third kappa shape index (κ3) is 2.34. The Hall–Kier alpha value is -0.410.